The van der Waals surface area contributed by atoms with Gasteiger partial charge in [0.15, 0.2) is 0 Å². The molecular formula is C11H19N. The summed E-state index contributed by atoms with van der Waals surface area (Å²) in [7, 11) is 0. The smallest absolute Gasteiger partial charge is 0.0127 e. The van der Waals surface area contributed by atoms with Crippen LogP contribution in [0.1, 0.15) is 39.0 Å². The van der Waals surface area contributed by atoms with Crippen LogP contribution in [0.2, 0.25) is 0 Å². The summed E-state index contributed by atoms with van der Waals surface area (Å²) in [6.07, 6.45) is 7.58. The minimum Gasteiger partial charge on any atom is -0.297 e. The van der Waals surface area contributed by atoms with E-state index in [2.05, 4.69) is 11.8 Å². The van der Waals surface area contributed by atoms with Gasteiger partial charge in [-0.15, -0.1) is 0 Å². The van der Waals surface area contributed by atoms with Gasteiger partial charge in [-0.2, -0.15) is 0 Å². The highest BCUT2D eigenvalue weighted by Gasteiger charge is 2.46. The predicted octanol–water partition coefficient (Wildman–Crippen LogP) is 2.27. The molecule has 0 aromatic heterocycles. The first-order valence-electron chi connectivity index (χ1n) is 5.60. The van der Waals surface area contributed by atoms with E-state index in [-0.39, 0.29) is 0 Å². The largest absolute Gasteiger partial charge is 0.297 e. The van der Waals surface area contributed by atoms with Crippen molar-refractivity contribution in [3.63, 3.8) is 0 Å². The Kier molecular flexibility index (Phi) is 1.52. The summed E-state index contributed by atoms with van der Waals surface area (Å²) >= 11 is 0. The van der Waals surface area contributed by atoms with Crippen LogP contribution in [0.4, 0.5) is 0 Å². The molecular weight excluding hydrogens is 146 g/mol. The molecule has 3 aliphatic rings. The van der Waals surface area contributed by atoms with E-state index in [4.69, 9.17) is 0 Å². The molecule has 1 nitrogen and oxygen atoms in total. The Morgan fingerprint density at radius 2 is 2.08 bits per heavy atom. The first-order chi connectivity index (χ1) is 5.84. The number of hydrogen-bond acceptors (Lipinski definition) is 1. The highest BCUT2D eigenvalue weighted by atomic mass is 15.2. The second-order valence-electron chi connectivity index (χ2n) is 5.19. The van der Waals surface area contributed by atoms with Crippen LogP contribution in [-0.2, 0) is 0 Å². The molecule has 0 aromatic carbocycles. The summed E-state index contributed by atoms with van der Waals surface area (Å²) in [4.78, 5) is 2.84. The van der Waals surface area contributed by atoms with E-state index in [0.717, 1.165) is 23.9 Å². The predicted molar refractivity (Wildman–Crippen MR) is 50.0 cm³/mol. The van der Waals surface area contributed by atoms with Gasteiger partial charge in [0.1, 0.15) is 0 Å². The standard InChI is InChI=1S/C11H19N/c1-8-5-10-6-9-3-2-4-11(9)12(10)7-8/h8-11H,2-7H2,1H3/t8-,9+,10+,11+/m1/s1. The van der Waals surface area contributed by atoms with Gasteiger partial charge in [-0.3, -0.25) is 4.90 Å². The topological polar surface area (TPSA) is 3.24 Å². The summed E-state index contributed by atoms with van der Waals surface area (Å²) in [5, 5.41) is 0. The molecule has 0 bridgehead atoms. The van der Waals surface area contributed by atoms with E-state index in [1.807, 2.05) is 0 Å². The maximum absolute atomic E-state index is 2.84. The summed E-state index contributed by atoms with van der Waals surface area (Å²) in [5.41, 5.74) is 0. The van der Waals surface area contributed by atoms with Crippen LogP contribution in [0, 0.1) is 11.8 Å². The molecule has 68 valence electrons. The van der Waals surface area contributed by atoms with Crippen molar-refractivity contribution in [2.24, 2.45) is 11.8 Å². The van der Waals surface area contributed by atoms with Gasteiger partial charge in [0.25, 0.3) is 0 Å². The highest BCUT2D eigenvalue weighted by Crippen LogP contribution is 2.45. The monoisotopic (exact) mass is 165 g/mol. The molecule has 2 heterocycles. The van der Waals surface area contributed by atoms with Gasteiger partial charge < -0.3 is 0 Å². The second-order valence-corrected chi connectivity index (χ2v) is 5.19. The van der Waals surface area contributed by atoms with Crippen LogP contribution < -0.4 is 0 Å². The van der Waals surface area contributed by atoms with Crippen molar-refractivity contribution in [3.05, 3.63) is 0 Å². The fourth-order valence-corrected chi connectivity index (χ4v) is 3.90. The molecule has 0 aromatic rings. The van der Waals surface area contributed by atoms with E-state index in [0.29, 0.717) is 0 Å². The Hall–Kier alpha value is -0.0400. The van der Waals surface area contributed by atoms with E-state index >= 15 is 0 Å². The fourth-order valence-electron chi connectivity index (χ4n) is 3.90. The van der Waals surface area contributed by atoms with Crippen molar-refractivity contribution >= 4 is 0 Å². The number of fused-ring (bicyclic) bond motifs is 3. The van der Waals surface area contributed by atoms with E-state index in [9.17, 15) is 0 Å². The Morgan fingerprint density at radius 1 is 1.17 bits per heavy atom. The average molecular weight is 165 g/mol. The molecule has 2 saturated heterocycles. The Bertz CT molecular complexity index is 189. The first-order valence-corrected chi connectivity index (χ1v) is 5.60. The Morgan fingerprint density at radius 3 is 3.00 bits per heavy atom. The third-order valence-corrected chi connectivity index (χ3v) is 4.29. The van der Waals surface area contributed by atoms with Crippen molar-refractivity contribution in [1.82, 2.24) is 4.90 Å². The second kappa shape index (κ2) is 2.47. The van der Waals surface area contributed by atoms with Crippen molar-refractivity contribution in [2.75, 3.05) is 6.54 Å². The van der Waals surface area contributed by atoms with E-state index in [1.54, 1.807) is 0 Å². The van der Waals surface area contributed by atoms with Gasteiger partial charge in [0.05, 0.1) is 0 Å². The Balaban J connectivity index is 1.80. The molecule has 0 unspecified atom stereocenters. The lowest BCUT2D eigenvalue weighted by Gasteiger charge is -2.22. The molecule has 4 atom stereocenters. The molecule has 0 N–H and O–H groups in total. The van der Waals surface area contributed by atoms with Crippen LogP contribution in [0.5, 0.6) is 0 Å². The molecule has 0 radical (unpaired) electrons. The molecule has 3 fully saturated rings. The van der Waals surface area contributed by atoms with Crippen molar-refractivity contribution in [2.45, 2.75) is 51.1 Å². The van der Waals surface area contributed by atoms with Crippen LogP contribution in [0.3, 0.4) is 0 Å². The van der Waals surface area contributed by atoms with Crippen molar-refractivity contribution < 1.29 is 0 Å². The maximum atomic E-state index is 2.84. The Labute approximate surface area is 75.1 Å². The lowest BCUT2D eigenvalue weighted by atomic mass is 9.97. The minimum absolute atomic E-state index is 0.983. The molecule has 0 spiro atoms. The van der Waals surface area contributed by atoms with Gasteiger partial charge in [-0.1, -0.05) is 13.3 Å². The fraction of sp³-hybridized carbons (Fsp3) is 1.00. The van der Waals surface area contributed by atoms with Gasteiger partial charge in [-0.05, 0) is 37.5 Å². The average Bonchev–Trinajstić information content (AvgIpc) is 2.59. The highest BCUT2D eigenvalue weighted by molar-refractivity contribution is 5.01. The number of nitrogens with zero attached hydrogens (tertiary/aromatic N) is 1. The van der Waals surface area contributed by atoms with Crippen LogP contribution in [0.15, 0.2) is 0 Å². The summed E-state index contributed by atoms with van der Waals surface area (Å²) in [6.45, 7) is 3.83. The van der Waals surface area contributed by atoms with E-state index in [1.165, 1.54) is 38.6 Å². The summed E-state index contributed by atoms with van der Waals surface area (Å²) in [6, 6.07) is 2.01. The zero-order chi connectivity index (χ0) is 8.13. The van der Waals surface area contributed by atoms with Gasteiger partial charge in [0, 0.05) is 18.6 Å². The molecule has 12 heavy (non-hydrogen) atoms. The third-order valence-electron chi connectivity index (χ3n) is 4.29. The molecule has 2 aliphatic heterocycles. The number of rotatable bonds is 0. The van der Waals surface area contributed by atoms with Crippen LogP contribution in [-0.4, -0.2) is 23.5 Å². The molecule has 1 heteroatoms. The normalized spacial score (nSPS) is 52.8. The minimum atomic E-state index is 0.983. The van der Waals surface area contributed by atoms with E-state index < -0.39 is 0 Å². The quantitative estimate of drug-likeness (QED) is 0.532. The summed E-state index contributed by atoms with van der Waals surface area (Å²) < 4.78 is 0. The molecule has 3 rings (SSSR count). The van der Waals surface area contributed by atoms with Gasteiger partial charge in [0.2, 0.25) is 0 Å². The van der Waals surface area contributed by atoms with Crippen LogP contribution in [0.25, 0.3) is 0 Å². The lowest BCUT2D eigenvalue weighted by Crippen LogP contribution is -2.31. The lowest BCUT2D eigenvalue weighted by molar-refractivity contribution is 0.230. The zero-order valence-corrected chi connectivity index (χ0v) is 8.00. The SMILES string of the molecule is C[C@@H]1C[C@H]2C[C@@H]3CCC[C@@H]3N2C1. The maximum Gasteiger partial charge on any atom is 0.0127 e. The first kappa shape index (κ1) is 7.37. The van der Waals surface area contributed by atoms with Gasteiger partial charge >= 0.3 is 0 Å². The van der Waals surface area contributed by atoms with Gasteiger partial charge in [-0.25, -0.2) is 0 Å². The molecule has 0 amide bonds. The summed E-state index contributed by atoms with van der Waals surface area (Å²) in [5.74, 6) is 2.08. The van der Waals surface area contributed by atoms with Crippen molar-refractivity contribution in [1.29, 1.82) is 0 Å². The molecule has 1 aliphatic carbocycles. The van der Waals surface area contributed by atoms with Crippen molar-refractivity contribution in [3.8, 4) is 0 Å². The number of hydrogen-bond donors (Lipinski definition) is 0. The third kappa shape index (κ3) is 0.891. The zero-order valence-electron chi connectivity index (χ0n) is 8.00. The van der Waals surface area contributed by atoms with Crippen LogP contribution >= 0.6 is 0 Å². The molecule has 1 saturated carbocycles.